The van der Waals surface area contributed by atoms with Crippen molar-refractivity contribution in [3.8, 4) is 0 Å². The molecule has 138 valence electrons. The van der Waals surface area contributed by atoms with Gasteiger partial charge < -0.3 is 9.64 Å². The first-order valence-electron chi connectivity index (χ1n) is 8.29. The summed E-state index contributed by atoms with van der Waals surface area (Å²) < 4.78 is 5.95. The molecule has 0 saturated carbocycles. The number of hydrogen-bond donors (Lipinski definition) is 0. The highest BCUT2D eigenvalue weighted by Crippen LogP contribution is 2.29. The Balaban J connectivity index is 1.99. The average Bonchev–Trinajstić information content (AvgIpc) is 2.73. The molecule has 1 aliphatic heterocycles. The minimum absolute atomic E-state index is 0.0719. The minimum Gasteiger partial charge on any atom is -0.444 e. The summed E-state index contributed by atoms with van der Waals surface area (Å²) >= 11 is 3.34. The first kappa shape index (κ1) is 19.7. The first-order chi connectivity index (χ1) is 11.7. The lowest BCUT2D eigenvalue weighted by atomic mass is 10.2. The molecule has 0 spiro atoms. The molecule has 1 aromatic rings. The van der Waals surface area contributed by atoms with E-state index in [1.165, 1.54) is 6.07 Å². The van der Waals surface area contributed by atoms with E-state index in [4.69, 9.17) is 4.74 Å². The molecule has 0 aliphatic carbocycles. The Kier molecular flexibility index (Phi) is 6.40. The SMILES string of the molecule is CC(C)(C)OC(=O)N1CCCN(Cc2cccc([N+](=O)[O-])c2Br)CC1. The number of ether oxygens (including phenoxy) is 1. The van der Waals surface area contributed by atoms with Gasteiger partial charge in [0.2, 0.25) is 0 Å². The second kappa shape index (κ2) is 8.14. The fourth-order valence-corrected chi connectivity index (χ4v) is 3.24. The normalized spacial score (nSPS) is 16.4. The summed E-state index contributed by atoms with van der Waals surface area (Å²) in [7, 11) is 0. The van der Waals surface area contributed by atoms with Crippen LogP contribution in [-0.2, 0) is 11.3 Å². The van der Waals surface area contributed by atoms with E-state index in [9.17, 15) is 14.9 Å². The third kappa shape index (κ3) is 5.67. The van der Waals surface area contributed by atoms with Gasteiger partial charge in [0.1, 0.15) is 5.60 Å². The average molecular weight is 414 g/mol. The molecule has 1 aliphatic rings. The van der Waals surface area contributed by atoms with Crippen LogP contribution >= 0.6 is 15.9 Å². The van der Waals surface area contributed by atoms with Gasteiger partial charge in [-0.1, -0.05) is 12.1 Å². The maximum atomic E-state index is 12.2. The molecular formula is C17H24BrN3O4. The number of rotatable bonds is 3. The van der Waals surface area contributed by atoms with Gasteiger partial charge >= 0.3 is 6.09 Å². The summed E-state index contributed by atoms with van der Waals surface area (Å²) in [6.45, 7) is 8.94. The van der Waals surface area contributed by atoms with E-state index in [1.54, 1.807) is 11.0 Å². The quantitative estimate of drug-likeness (QED) is 0.556. The summed E-state index contributed by atoms with van der Waals surface area (Å²) in [4.78, 5) is 26.8. The molecule has 1 heterocycles. The highest BCUT2D eigenvalue weighted by Gasteiger charge is 2.25. The predicted molar refractivity (Wildman–Crippen MR) is 98.5 cm³/mol. The molecule has 0 aromatic heterocycles. The van der Waals surface area contributed by atoms with E-state index in [2.05, 4.69) is 20.8 Å². The van der Waals surface area contributed by atoms with E-state index in [0.29, 0.717) is 30.7 Å². The number of benzene rings is 1. The Bertz CT molecular complexity index is 645. The molecule has 0 atom stereocenters. The number of amides is 1. The molecule has 1 fully saturated rings. The number of halogens is 1. The highest BCUT2D eigenvalue weighted by atomic mass is 79.9. The van der Waals surface area contributed by atoms with E-state index in [1.807, 2.05) is 26.8 Å². The second-order valence-corrected chi connectivity index (χ2v) is 7.90. The topological polar surface area (TPSA) is 75.9 Å². The van der Waals surface area contributed by atoms with Crippen LogP contribution in [0.3, 0.4) is 0 Å². The summed E-state index contributed by atoms with van der Waals surface area (Å²) in [5.74, 6) is 0. The highest BCUT2D eigenvalue weighted by molar-refractivity contribution is 9.10. The van der Waals surface area contributed by atoms with Crippen molar-refractivity contribution in [3.05, 3.63) is 38.3 Å². The van der Waals surface area contributed by atoms with Gasteiger partial charge in [-0.25, -0.2) is 4.79 Å². The molecular weight excluding hydrogens is 390 g/mol. The van der Waals surface area contributed by atoms with Crippen molar-refractivity contribution in [2.24, 2.45) is 0 Å². The first-order valence-corrected chi connectivity index (χ1v) is 9.09. The Morgan fingerprint density at radius 2 is 2.00 bits per heavy atom. The lowest BCUT2D eigenvalue weighted by Crippen LogP contribution is -2.39. The number of nitro groups is 1. The summed E-state index contributed by atoms with van der Waals surface area (Å²) in [5.41, 5.74) is 0.444. The Morgan fingerprint density at radius 1 is 1.28 bits per heavy atom. The molecule has 7 nitrogen and oxygen atoms in total. The largest absolute Gasteiger partial charge is 0.444 e. The Morgan fingerprint density at radius 3 is 2.64 bits per heavy atom. The third-order valence-electron chi connectivity index (χ3n) is 3.89. The van der Waals surface area contributed by atoms with E-state index >= 15 is 0 Å². The van der Waals surface area contributed by atoms with Gasteiger partial charge in [-0.3, -0.25) is 15.0 Å². The van der Waals surface area contributed by atoms with Crippen LogP contribution in [0.4, 0.5) is 10.5 Å². The molecule has 25 heavy (non-hydrogen) atoms. The summed E-state index contributed by atoms with van der Waals surface area (Å²) in [6, 6.07) is 5.07. The van der Waals surface area contributed by atoms with Crippen molar-refractivity contribution in [1.29, 1.82) is 0 Å². The van der Waals surface area contributed by atoms with Crippen LogP contribution in [0.25, 0.3) is 0 Å². The van der Waals surface area contributed by atoms with Crippen molar-refractivity contribution in [1.82, 2.24) is 9.80 Å². The van der Waals surface area contributed by atoms with Crippen molar-refractivity contribution >= 4 is 27.7 Å². The molecule has 2 rings (SSSR count). The number of hydrogen-bond acceptors (Lipinski definition) is 5. The molecule has 0 N–H and O–H groups in total. The van der Waals surface area contributed by atoms with E-state index < -0.39 is 5.60 Å². The molecule has 1 saturated heterocycles. The fourth-order valence-electron chi connectivity index (χ4n) is 2.71. The number of carbonyl (C=O) groups excluding carboxylic acids is 1. The standard InChI is InChI=1S/C17H24BrN3O4/c1-17(2,3)25-16(22)20-9-5-8-19(10-11-20)12-13-6-4-7-14(15(13)18)21(23)24/h4,6-7H,5,8-12H2,1-3H3. The maximum Gasteiger partial charge on any atom is 0.410 e. The number of nitrogens with zero attached hydrogens (tertiary/aromatic N) is 3. The van der Waals surface area contributed by atoms with Gasteiger partial charge in [0, 0.05) is 38.8 Å². The number of carbonyl (C=O) groups is 1. The molecule has 1 aromatic carbocycles. The van der Waals surface area contributed by atoms with E-state index in [0.717, 1.165) is 18.5 Å². The Labute approximate surface area is 156 Å². The number of nitro benzene ring substituents is 1. The summed E-state index contributed by atoms with van der Waals surface area (Å²) in [5, 5.41) is 11.1. The molecule has 8 heteroatoms. The van der Waals surface area contributed by atoms with Crippen LogP contribution in [0.5, 0.6) is 0 Å². The lowest BCUT2D eigenvalue weighted by Gasteiger charge is -2.26. The van der Waals surface area contributed by atoms with Gasteiger partial charge in [-0.2, -0.15) is 0 Å². The zero-order chi connectivity index (χ0) is 18.6. The van der Waals surface area contributed by atoms with Crippen LogP contribution in [0.2, 0.25) is 0 Å². The summed E-state index contributed by atoms with van der Waals surface area (Å²) in [6.07, 6.45) is 0.553. The van der Waals surface area contributed by atoms with Gasteiger partial charge in [0.25, 0.3) is 5.69 Å². The van der Waals surface area contributed by atoms with Crippen LogP contribution in [0.15, 0.2) is 22.7 Å². The smallest absolute Gasteiger partial charge is 0.410 e. The minimum atomic E-state index is -0.503. The van der Waals surface area contributed by atoms with Gasteiger partial charge in [-0.15, -0.1) is 0 Å². The zero-order valence-electron chi connectivity index (χ0n) is 14.8. The van der Waals surface area contributed by atoms with E-state index in [-0.39, 0.29) is 16.7 Å². The third-order valence-corrected chi connectivity index (χ3v) is 4.80. The lowest BCUT2D eigenvalue weighted by molar-refractivity contribution is -0.385. The second-order valence-electron chi connectivity index (χ2n) is 7.10. The molecule has 0 unspecified atom stereocenters. The molecule has 1 amide bonds. The van der Waals surface area contributed by atoms with Gasteiger partial charge in [0.15, 0.2) is 0 Å². The van der Waals surface area contributed by atoms with Crippen molar-refractivity contribution < 1.29 is 14.5 Å². The van der Waals surface area contributed by atoms with Crippen LogP contribution in [0, 0.1) is 10.1 Å². The predicted octanol–water partition coefficient (Wildman–Crippen LogP) is 3.80. The van der Waals surface area contributed by atoms with Crippen LogP contribution in [0.1, 0.15) is 32.8 Å². The monoisotopic (exact) mass is 413 g/mol. The zero-order valence-corrected chi connectivity index (χ0v) is 16.4. The molecule has 0 bridgehead atoms. The van der Waals surface area contributed by atoms with Gasteiger partial charge in [-0.05, 0) is 48.7 Å². The van der Waals surface area contributed by atoms with Crippen molar-refractivity contribution in [2.45, 2.75) is 39.3 Å². The maximum absolute atomic E-state index is 12.2. The van der Waals surface area contributed by atoms with Crippen molar-refractivity contribution in [2.75, 3.05) is 26.2 Å². The van der Waals surface area contributed by atoms with Crippen LogP contribution in [-0.4, -0.2) is 52.6 Å². The Hall–Kier alpha value is -1.67. The van der Waals surface area contributed by atoms with Crippen LogP contribution < -0.4 is 0 Å². The van der Waals surface area contributed by atoms with Gasteiger partial charge in [0.05, 0.1) is 9.40 Å². The molecule has 0 radical (unpaired) electrons. The van der Waals surface area contributed by atoms with Crippen molar-refractivity contribution in [3.63, 3.8) is 0 Å². The fraction of sp³-hybridized carbons (Fsp3) is 0.588.